The molecule has 1 aliphatic heterocycles. The van der Waals surface area contributed by atoms with Crippen LogP contribution in [-0.4, -0.2) is 31.5 Å². The van der Waals surface area contributed by atoms with Crippen LogP contribution in [0.5, 0.6) is 0 Å². The van der Waals surface area contributed by atoms with E-state index in [4.69, 9.17) is 15.2 Å². The first-order chi connectivity index (χ1) is 7.60. The molecule has 0 aromatic heterocycles. The van der Waals surface area contributed by atoms with E-state index >= 15 is 0 Å². The van der Waals surface area contributed by atoms with Crippen molar-refractivity contribution in [1.82, 2.24) is 0 Å². The Morgan fingerprint density at radius 1 is 1.25 bits per heavy atom. The molecule has 0 amide bonds. The molecular formula is C13H27NO2. The van der Waals surface area contributed by atoms with Crippen molar-refractivity contribution >= 4 is 0 Å². The van der Waals surface area contributed by atoms with E-state index in [9.17, 15) is 0 Å². The van der Waals surface area contributed by atoms with Gasteiger partial charge in [-0.15, -0.1) is 0 Å². The van der Waals surface area contributed by atoms with Gasteiger partial charge in [0, 0.05) is 38.7 Å². The van der Waals surface area contributed by atoms with Gasteiger partial charge in [0.15, 0.2) is 0 Å². The van der Waals surface area contributed by atoms with Gasteiger partial charge in [0.2, 0.25) is 0 Å². The van der Waals surface area contributed by atoms with Crippen molar-refractivity contribution in [2.45, 2.75) is 58.1 Å². The molecule has 0 aromatic carbocycles. The van der Waals surface area contributed by atoms with Crippen LogP contribution in [0.4, 0.5) is 0 Å². The first kappa shape index (κ1) is 13.9. The summed E-state index contributed by atoms with van der Waals surface area (Å²) in [7, 11) is 0. The Morgan fingerprint density at radius 3 is 2.38 bits per heavy atom. The van der Waals surface area contributed by atoms with Crippen molar-refractivity contribution in [2.24, 2.45) is 11.7 Å². The second-order valence-corrected chi connectivity index (χ2v) is 5.19. The van der Waals surface area contributed by atoms with Crippen LogP contribution < -0.4 is 5.73 Å². The van der Waals surface area contributed by atoms with Gasteiger partial charge >= 0.3 is 0 Å². The summed E-state index contributed by atoms with van der Waals surface area (Å²) in [5.74, 6) is 0.713. The molecule has 16 heavy (non-hydrogen) atoms. The van der Waals surface area contributed by atoms with Gasteiger partial charge in [-0.2, -0.15) is 0 Å². The van der Waals surface area contributed by atoms with Gasteiger partial charge in [-0.3, -0.25) is 0 Å². The van der Waals surface area contributed by atoms with E-state index in [1.54, 1.807) is 0 Å². The summed E-state index contributed by atoms with van der Waals surface area (Å²) in [4.78, 5) is 0. The molecule has 1 saturated heterocycles. The smallest absolute Gasteiger partial charge is 0.0876 e. The summed E-state index contributed by atoms with van der Waals surface area (Å²) in [6.45, 7) is 8.85. The van der Waals surface area contributed by atoms with E-state index in [0.717, 1.165) is 39.1 Å². The Balaban J connectivity index is 2.53. The predicted octanol–water partition coefficient (Wildman–Crippen LogP) is 2.34. The summed E-state index contributed by atoms with van der Waals surface area (Å²) in [5, 5.41) is 0. The number of hydrogen-bond acceptors (Lipinski definition) is 3. The zero-order chi connectivity index (χ0) is 12.0. The fraction of sp³-hybridized carbons (Fsp3) is 1.00. The first-order valence-corrected chi connectivity index (χ1v) is 6.58. The van der Waals surface area contributed by atoms with Crippen molar-refractivity contribution in [3.63, 3.8) is 0 Å². The number of rotatable bonds is 6. The van der Waals surface area contributed by atoms with Crippen LogP contribution in [0, 0.1) is 5.92 Å². The van der Waals surface area contributed by atoms with Crippen molar-refractivity contribution in [1.29, 1.82) is 0 Å². The highest BCUT2D eigenvalue weighted by Gasteiger charge is 2.38. The number of ether oxygens (including phenoxy) is 2. The molecule has 0 radical (unpaired) electrons. The molecule has 0 spiro atoms. The van der Waals surface area contributed by atoms with E-state index in [-0.39, 0.29) is 11.6 Å². The highest BCUT2D eigenvalue weighted by molar-refractivity contribution is 4.93. The molecule has 0 saturated carbocycles. The predicted molar refractivity (Wildman–Crippen MR) is 66.5 cm³/mol. The summed E-state index contributed by atoms with van der Waals surface area (Å²) < 4.78 is 11.4. The Hall–Kier alpha value is -0.120. The molecule has 0 aliphatic carbocycles. The highest BCUT2D eigenvalue weighted by atomic mass is 16.5. The Kier molecular flexibility index (Phi) is 5.73. The van der Waals surface area contributed by atoms with Crippen LogP contribution in [0.25, 0.3) is 0 Å². The zero-order valence-corrected chi connectivity index (χ0v) is 11.0. The maximum absolute atomic E-state index is 6.34. The third kappa shape index (κ3) is 3.72. The maximum atomic E-state index is 6.34. The van der Waals surface area contributed by atoms with E-state index in [0.29, 0.717) is 5.92 Å². The summed E-state index contributed by atoms with van der Waals surface area (Å²) in [5.41, 5.74) is 6.21. The minimum Gasteiger partial charge on any atom is -0.381 e. The summed E-state index contributed by atoms with van der Waals surface area (Å²) in [6, 6.07) is 0.152. The van der Waals surface area contributed by atoms with Crippen LogP contribution in [0.3, 0.4) is 0 Å². The van der Waals surface area contributed by atoms with E-state index < -0.39 is 0 Å². The van der Waals surface area contributed by atoms with Gasteiger partial charge < -0.3 is 15.2 Å². The molecule has 96 valence electrons. The van der Waals surface area contributed by atoms with Crippen LogP contribution in [0.2, 0.25) is 0 Å². The van der Waals surface area contributed by atoms with Gasteiger partial charge in [0.1, 0.15) is 0 Å². The monoisotopic (exact) mass is 229 g/mol. The average Bonchev–Trinajstić information content (AvgIpc) is 2.27. The SMILES string of the molecule is CCOC1(C(N)CCC(C)C)CCOCC1. The minimum atomic E-state index is -0.123. The molecule has 3 nitrogen and oxygen atoms in total. The molecule has 2 N–H and O–H groups in total. The fourth-order valence-corrected chi connectivity index (χ4v) is 2.40. The molecule has 1 fully saturated rings. The second-order valence-electron chi connectivity index (χ2n) is 5.19. The summed E-state index contributed by atoms with van der Waals surface area (Å²) >= 11 is 0. The van der Waals surface area contributed by atoms with Crippen LogP contribution >= 0.6 is 0 Å². The van der Waals surface area contributed by atoms with E-state index in [1.165, 1.54) is 6.42 Å². The van der Waals surface area contributed by atoms with Gasteiger partial charge in [-0.05, 0) is 25.7 Å². The summed E-state index contributed by atoms with van der Waals surface area (Å²) in [6.07, 6.45) is 4.12. The van der Waals surface area contributed by atoms with Crippen molar-refractivity contribution < 1.29 is 9.47 Å². The van der Waals surface area contributed by atoms with Crippen molar-refractivity contribution in [3.05, 3.63) is 0 Å². The topological polar surface area (TPSA) is 44.5 Å². The molecular weight excluding hydrogens is 202 g/mol. The van der Waals surface area contributed by atoms with Crippen LogP contribution in [0.1, 0.15) is 46.5 Å². The van der Waals surface area contributed by atoms with Crippen LogP contribution in [0.15, 0.2) is 0 Å². The van der Waals surface area contributed by atoms with Gasteiger partial charge in [0.25, 0.3) is 0 Å². The quantitative estimate of drug-likeness (QED) is 0.760. The lowest BCUT2D eigenvalue weighted by atomic mass is 9.83. The van der Waals surface area contributed by atoms with Gasteiger partial charge in [-0.25, -0.2) is 0 Å². The van der Waals surface area contributed by atoms with Crippen LogP contribution in [-0.2, 0) is 9.47 Å². The Morgan fingerprint density at radius 2 is 1.88 bits per heavy atom. The van der Waals surface area contributed by atoms with Gasteiger partial charge in [0.05, 0.1) is 5.60 Å². The molecule has 1 atom stereocenters. The lowest BCUT2D eigenvalue weighted by Crippen LogP contribution is -2.53. The maximum Gasteiger partial charge on any atom is 0.0876 e. The standard InChI is InChI=1S/C13H27NO2/c1-4-16-13(7-9-15-10-8-13)12(14)6-5-11(2)3/h11-12H,4-10,14H2,1-3H3. The molecule has 1 heterocycles. The van der Waals surface area contributed by atoms with Crippen molar-refractivity contribution in [3.8, 4) is 0 Å². The van der Waals surface area contributed by atoms with E-state index in [1.807, 2.05) is 6.92 Å². The molecule has 1 aliphatic rings. The number of nitrogens with two attached hydrogens (primary N) is 1. The molecule has 3 heteroatoms. The number of hydrogen-bond donors (Lipinski definition) is 1. The Labute approximate surface area is 99.7 Å². The zero-order valence-electron chi connectivity index (χ0n) is 11.0. The first-order valence-electron chi connectivity index (χ1n) is 6.58. The minimum absolute atomic E-state index is 0.123. The third-order valence-corrected chi connectivity index (χ3v) is 3.50. The highest BCUT2D eigenvalue weighted by Crippen LogP contribution is 2.30. The molecule has 0 bridgehead atoms. The Bertz CT molecular complexity index is 183. The third-order valence-electron chi connectivity index (χ3n) is 3.50. The largest absolute Gasteiger partial charge is 0.381 e. The van der Waals surface area contributed by atoms with Crippen molar-refractivity contribution in [2.75, 3.05) is 19.8 Å². The molecule has 1 rings (SSSR count). The molecule has 1 unspecified atom stereocenters. The lowest BCUT2D eigenvalue weighted by Gasteiger charge is -2.41. The van der Waals surface area contributed by atoms with Gasteiger partial charge in [-0.1, -0.05) is 13.8 Å². The normalized spacial score (nSPS) is 22.3. The second kappa shape index (κ2) is 6.58. The fourth-order valence-electron chi connectivity index (χ4n) is 2.40. The lowest BCUT2D eigenvalue weighted by molar-refractivity contribution is -0.122. The molecule has 0 aromatic rings. The van der Waals surface area contributed by atoms with E-state index in [2.05, 4.69) is 13.8 Å². The average molecular weight is 229 g/mol.